The van der Waals surface area contributed by atoms with Crippen LogP contribution in [-0.4, -0.2) is 32.6 Å². The summed E-state index contributed by atoms with van der Waals surface area (Å²) in [5.41, 5.74) is 1.36. The van der Waals surface area contributed by atoms with Crippen LogP contribution in [0.5, 0.6) is 0 Å². The predicted octanol–water partition coefficient (Wildman–Crippen LogP) is 2.21. The van der Waals surface area contributed by atoms with Crippen molar-refractivity contribution < 1.29 is 4.74 Å². The maximum Gasteiger partial charge on any atom is 0.115 e. The fourth-order valence-corrected chi connectivity index (χ4v) is 1.65. The van der Waals surface area contributed by atoms with Crippen LogP contribution in [0.3, 0.4) is 0 Å². The lowest BCUT2D eigenvalue weighted by Crippen LogP contribution is -2.22. The van der Waals surface area contributed by atoms with E-state index in [2.05, 4.69) is 44.1 Å². The molecule has 0 aromatic heterocycles. The third kappa shape index (κ3) is 2.74. The Morgan fingerprint density at radius 1 is 1.43 bits per heavy atom. The SMILES string of the molecule is C/C=C1/C=CC(OC)=CC1CN(C)C. The Morgan fingerprint density at radius 3 is 2.64 bits per heavy atom. The van der Waals surface area contributed by atoms with Crippen LogP contribution in [0.1, 0.15) is 6.92 Å². The molecule has 1 unspecified atom stereocenters. The van der Waals surface area contributed by atoms with Crippen molar-refractivity contribution in [3.63, 3.8) is 0 Å². The fraction of sp³-hybridized carbons (Fsp3) is 0.500. The topological polar surface area (TPSA) is 12.5 Å². The second-order valence-corrected chi connectivity index (χ2v) is 3.76. The molecular formula is C12H19NO. The smallest absolute Gasteiger partial charge is 0.115 e. The van der Waals surface area contributed by atoms with E-state index >= 15 is 0 Å². The first-order valence-electron chi connectivity index (χ1n) is 4.92. The summed E-state index contributed by atoms with van der Waals surface area (Å²) in [5, 5.41) is 0. The molecular weight excluding hydrogens is 174 g/mol. The van der Waals surface area contributed by atoms with Crippen LogP contribution in [0, 0.1) is 5.92 Å². The van der Waals surface area contributed by atoms with Gasteiger partial charge in [0.2, 0.25) is 0 Å². The highest BCUT2D eigenvalue weighted by Crippen LogP contribution is 2.23. The molecule has 78 valence electrons. The van der Waals surface area contributed by atoms with Crippen LogP contribution in [0.2, 0.25) is 0 Å². The van der Waals surface area contributed by atoms with Gasteiger partial charge in [0.1, 0.15) is 5.76 Å². The summed E-state index contributed by atoms with van der Waals surface area (Å²) in [6, 6.07) is 0. The van der Waals surface area contributed by atoms with E-state index in [1.54, 1.807) is 7.11 Å². The van der Waals surface area contributed by atoms with Crippen molar-refractivity contribution >= 4 is 0 Å². The molecule has 0 bridgehead atoms. The van der Waals surface area contributed by atoms with Crippen LogP contribution in [0.25, 0.3) is 0 Å². The fourth-order valence-electron chi connectivity index (χ4n) is 1.65. The van der Waals surface area contributed by atoms with E-state index in [-0.39, 0.29) is 0 Å². The van der Waals surface area contributed by atoms with E-state index in [4.69, 9.17) is 4.74 Å². The molecule has 1 rings (SSSR count). The molecule has 0 saturated carbocycles. The molecule has 2 heteroatoms. The summed E-state index contributed by atoms with van der Waals surface area (Å²) < 4.78 is 5.22. The third-order valence-electron chi connectivity index (χ3n) is 2.36. The Morgan fingerprint density at radius 2 is 2.14 bits per heavy atom. The normalized spacial score (nSPS) is 24.2. The second kappa shape index (κ2) is 5.01. The Labute approximate surface area is 86.6 Å². The first kappa shape index (κ1) is 11.1. The Bertz CT molecular complexity index is 274. The average molecular weight is 193 g/mol. The van der Waals surface area contributed by atoms with Gasteiger partial charge in [0.25, 0.3) is 0 Å². The summed E-state index contributed by atoms with van der Waals surface area (Å²) >= 11 is 0. The molecule has 0 radical (unpaired) electrons. The van der Waals surface area contributed by atoms with Crippen LogP contribution in [-0.2, 0) is 4.74 Å². The highest BCUT2D eigenvalue weighted by atomic mass is 16.5. The molecule has 0 aliphatic heterocycles. The monoisotopic (exact) mass is 193 g/mol. The van der Waals surface area contributed by atoms with Crippen LogP contribution in [0.4, 0.5) is 0 Å². The Kier molecular flexibility index (Phi) is 3.96. The lowest BCUT2D eigenvalue weighted by atomic mass is 9.93. The number of rotatable bonds is 3. The minimum Gasteiger partial charge on any atom is -0.497 e. The maximum atomic E-state index is 5.22. The van der Waals surface area contributed by atoms with Gasteiger partial charge in [-0.2, -0.15) is 0 Å². The van der Waals surface area contributed by atoms with E-state index < -0.39 is 0 Å². The van der Waals surface area contributed by atoms with Gasteiger partial charge in [-0.1, -0.05) is 12.2 Å². The maximum absolute atomic E-state index is 5.22. The Hall–Kier alpha value is -1.02. The lowest BCUT2D eigenvalue weighted by molar-refractivity contribution is 0.297. The summed E-state index contributed by atoms with van der Waals surface area (Å²) in [7, 11) is 5.89. The summed E-state index contributed by atoms with van der Waals surface area (Å²) in [4.78, 5) is 2.19. The van der Waals surface area contributed by atoms with Crippen LogP contribution >= 0.6 is 0 Å². The molecule has 0 aromatic carbocycles. The molecule has 0 aromatic rings. The van der Waals surface area contributed by atoms with Crippen LogP contribution < -0.4 is 0 Å². The minimum atomic E-state index is 0.454. The quantitative estimate of drug-likeness (QED) is 0.681. The van der Waals surface area contributed by atoms with Crippen molar-refractivity contribution in [3.8, 4) is 0 Å². The molecule has 0 amide bonds. The van der Waals surface area contributed by atoms with E-state index in [1.165, 1.54) is 5.57 Å². The van der Waals surface area contributed by atoms with Gasteiger partial charge in [-0.3, -0.25) is 0 Å². The zero-order valence-corrected chi connectivity index (χ0v) is 9.45. The van der Waals surface area contributed by atoms with E-state index in [9.17, 15) is 0 Å². The van der Waals surface area contributed by atoms with E-state index in [1.807, 2.05) is 6.08 Å². The molecule has 2 nitrogen and oxygen atoms in total. The zero-order chi connectivity index (χ0) is 10.6. The van der Waals surface area contributed by atoms with Gasteiger partial charge < -0.3 is 9.64 Å². The number of methoxy groups -OCH3 is 1. The standard InChI is InChI=1S/C12H19NO/c1-5-10-6-7-12(14-4)8-11(10)9-13(2)3/h5-8,11H,9H2,1-4H3/b10-5-. The number of nitrogens with zero attached hydrogens (tertiary/aromatic N) is 1. The Balaban J connectivity index is 2.78. The highest BCUT2D eigenvalue weighted by molar-refractivity contribution is 5.35. The first-order chi connectivity index (χ1) is 6.67. The van der Waals surface area contributed by atoms with Gasteiger partial charge in [0, 0.05) is 12.5 Å². The van der Waals surface area contributed by atoms with Gasteiger partial charge in [0.15, 0.2) is 0 Å². The molecule has 0 saturated heterocycles. The summed E-state index contributed by atoms with van der Waals surface area (Å²) in [6.45, 7) is 3.10. The molecule has 0 N–H and O–H groups in total. The number of hydrogen-bond donors (Lipinski definition) is 0. The number of ether oxygens (including phenoxy) is 1. The van der Waals surface area contributed by atoms with Gasteiger partial charge in [-0.15, -0.1) is 0 Å². The predicted molar refractivity (Wildman–Crippen MR) is 60.0 cm³/mol. The molecule has 0 spiro atoms. The number of allylic oxidation sites excluding steroid dienone is 3. The molecule has 0 fully saturated rings. The average Bonchev–Trinajstić information content (AvgIpc) is 2.16. The highest BCUT2D eigenvalue weighted by Gasteiger charge is 2.14. The lowest BCUT2D eigenvalue weighted by Gasteiger charge is -2.22. The van der Waals surface area contributed by atoms with Crippen molar-refractivity contribution in [2.75, 3.05) is 27.7 Å². The van der Waals surface area contributed by atoms with Crippen LogP contribution in [0.15, 0.2) is 35.6 Å². The largest absolute Gasteiger partial charge is 0.497 e. The molecule has 1 aliphatic rings. The molecule has 1 atom stereocenters. The summed E-state index contributed by atoms with van der Waals surface area (Å²) in [6.07, 6.45) is 8.48. The number of hydrogen-bond acceptors (Lipinski definition) is 2. The second-order valence-electron chi connectivity index (χ2n) is 3.76. The molecule has 1 aliphatic carbocycles. The van der Waals surface area contributed by atoms with Gasteiger partial charge in [-0.25, -0.2) is 0 Å². The van der Waals surface area contributed by atoms with Crippen molar-refractivity contribution in [3.05, 3.63) is 35.6 Å². The molecule has 0 heterocycles. The van der Waals surface area contributed by atoms with Crippen molar-refractivity contribution in [1.29, 1.82) is 0 Å². The van der Waals surface area contributed by atoms with E-state index in [0.29, 0.717) is 5.92 Å². The van der Waals surface area contributed by atoms with Gasteiger partial charge >= 0.3 is 0 Å². The third-order valence-corrected chi connectivity index (χ3v) is 2.36. The molecule has 14 heavy (non-hydrogen) atoms. The first-order valence-corrected chi connectivity index (χ1v) is 4.92. The minimum absolute atomic E-state index is 0.454. The summed E-state index contributed by atoms with van der Waals surface area (Å²) in [5.74, 6) is 1.41. The van der Waals surface area contributed by atoms with Gasteiger partial charge in [0.05, 0.1) is 7.11 Å². The van der Waals surface area contributed by atoms with Crippen molar-refractivity contribution in [1.82, 2.24) is 4.90 Å². The van der Waals surface area contributed by atoms with Gasteiger partial charge in [-0.05, 0) is 38.7 Å². The van der Waals surface area contributed by atoms with E-state index in [0.717, 1.165) is 12.3 Å². The zero-order valence-electron chi connectivity index (χ0n) is 9.45. The van der Waals surface area contributed by atoms with Crippen molar-refractivity contribution in [2.45, 2.75) is 6.92 Å². The van der Waals surface area contributed by atoms with Crippen molar-refractivity contribution in [2.24, 2.45) is 5.92 Å².